The van der Waals surface area contributed by atoms with Crippen molar-refractivity contribution in [2.24, 2.45) is 0 Å². The summed E-state index contributed by atoms with van der Waals surface area (Å²) in [7, 11) is 0. The fourth-order valence-electron chi connectivity index (χ4n) is 1.33. The molecule has 1 N–H and O–H groups in total. The van der Waals surface area contributed by atoms with Crippen LogP contribution in [0.2, 0.25) is 0 Å². The van der Waals surface area contributed by atoms with E-state index in [9.17, 15) is 10.1 Å². The number of nitrogens with zero attached hydrogens (tertiary/aromatic N) is 1. The molecule has 0 fully saturated rings. The van der Waals surface area contributed by atoms with Crippen molar-refractivity contribution in [1.29, 1.82) is 0 Å². The predicted molar refractivity (Wildman–Crippen MR) is 63.2 cm³/mol. The van der Waals surface area contributed by atoms with Crippen molar-refractivity contribution in [3.63, 3.8) is 0 Å². The van der Waals surface area contributed by atoms with E-state index in [4.69, 9.17) is 5.11 Å². The number of hydrogen-bond acceptors (Lipinski definition) is 3. The average molecular weight is 221 g/mol. The number of rotatable bonds is 4. The quantitative estimate of drug-likeness (QED) is 0.628. The molecular weight excluding hydrogens is 206 g/mol. The zero-order valence-corrected chi connectivity index (χ0v) is 9.38. The van der Waals surface area contributed by atoms with Gasteiger partial charge in [-0.05, 0) is 25.8 Å². The number of hydrogen-bond donors (Lipinski definition) is 1. The molecule has 0 aromatic heterocycles. The third kappa shape index (κ3) is 3.47. The van der Waals surface area contributed by atoms with Crippen LogP contribution in [0.25, 0.3) is 6.08 Å². The number of aliphatic hydroxyl groups excluding tert-OH is 1. The molecule has 0 saturated heterocycles. The lowest BCUT2D eigenvalue weighted by Gasteiger charge is -1.99. The van der Waals surface area contributed by atoms with E-state index in [-0.39, 0.29) is 10.6 Å². The van der Waals surface area contributed by atoms with Gasteiger partial charge in [-0.1, -0.05) is 24.3 Å². The third-order valence-electron chi connectivity index (χ3n) is 2.22. The van der Waals surface area contributed by atoms with Crippen molar-refractivity contribution in [1.82, 2.24) is 0 Å². The van der Waals surface area contributed by atoms with Gasteiger partial charge in [0.05, 0.1) is 11.0 Å². The van der Waals surface area contributed by atoms with Crippen LogP contribution in [0.4, 0.5) is 5.69 Å². The molecule has 1 rings (SSSR count). The lowest BCUT2D eigenvalue weighted by atomic mass is 10.1. The lowest BCUT2D eigenvalue weighted by Crippen LogP contribution is -1.95. The van der Waals surface area contributed by atoms with Crippen LogP contribution in [0.1, 0.15) is 24.5 Å². The van der Waals surface area contributed by atoms with Crippen molar-refractivity contribution in [2.45, 2.75) is 26.4 Å². The van der Waals surface area contributed by atoms with Gasteiger partial charge in [0.15, 0.2) is 0 Å². The molecule has 1 aromatic rings. The molecule has 0 radical (unpaired) electrons. The van der Waals surface area contributed by atoms with Crippen LogP contribution in [0, 0.1) is 17.0 Å². The van der Waals surface area contributed by atoms with Crippen LogP contribution in [0.15, 0.2) is 24.3 Å². The molecule has 0 amide bonds. The summed E-state index contributed by atoms with van der Waals surface area (Å²) in [4.78, 5) is 10.3. The molecular formula is C12H15NO3. The number of nitro benzene ring substituents is 1. The van der Waals surface area contributed by atoms with E-state index in [1.165, 1.54) is 6.07 Å². The Hall–Kier alpha value is -1.68. The van der Waals surface area contributed by atoms with Crippen LogP contribution in [-0.4, -0.2) is 16.1 Å². The molecule has 86 valence electrons. The summed E-state index contributed by atoms with van der Waals surface area (Å²) < 4.78 is 0. The number of benzene rings is 1. The lowest BCUT2D eigenvalue weighted by molar-refractivity contribution is -0.385. The molecule has 0 bridgehead atoms. The highest BCUT2D eigenvalue weighted by atomic mass is 16.6. The largest absolute Gasteiger partial charge is 0.393 e. The SMILES string of the molecule is Cc1ccc(/C=C/CC(C)O)cc1[N+](=O)[O-]. The van der Waals surface area contributed by atoms with Gasteiger partial charge >= 0.3 is 0 Å². The molecule has 4 heteroatoms. The van der Waals surface area contributed by atoms with Crippen LogP contribution in [0.5, 0.6) is 0 Å². The molecule has 0 aliphatic rings. The smallest absolute Gasteiger partial charge is 0.272 e. The summed E-state index contributed by atoms with van der Waals surface area (Å²) >= 11 is 0. The molecule has 0 aliphatic heterocycles. The van der Waals surface area contributed by atoms with E-state index in [0.717, 1.165) is 5.56 Å². The van der Waals surface area contributed by atoms with E-state index in [1.807, 2.05) is 6.07 Å². The minimum absolute atomic E-state index is 0.124. The van der Waals surface area contributed by atoms with Crippen molar-refractivity contribution >= 4 is 11.8 Å². The van der Waals surface area contributed by atoms with Gasteiger partial charge in [0.2, 0.25) is 0 Å². The van der Waals surface area contributed by atoms with Gasteiger partial charge in [-0.3, -0.25) is 10.1 Å². The molecule has 0 spiro atoms. The zero-order valence-electron chi connectivity index (χ0n) is 9.38. The standard InChI is InChI=1S/C12H15NO3/c1-9-6-7-11(5-3-4-10(2)14)8-12(9)13(15)16/h3,5-8,10,14H,4H2,1-2H3/b5-3+. The molecule has 0 heterocycles. The highest BCUT2D eigenvalue weighted by molar-refractivity contribution is 5.55. The fourth-order valence-corrected chi connectivity index (χ4v) is 1.33. The van der Waals surface area contributed by atoms with E-state index in [0.29, 0.717) is 12.0 Å². The molecule has 4 nitrogen and oxygen atoms in total. The Balaban J connectivity index is 2.87. The van der Waals surface area contributed by atoms with Gasteiger partial charge < -0.3 is 5.11 Å². The Morgan fingerprint density at radius 3 is 2.81 bits per heavy atom. The normalized spacial score (nSPS) is 12.9. The van der Waals surface area contributed by atoms with Crippen LogP contribution in [0.3, 0.4) is 0 Å². The second-order valence-electron chi connectivity index (χ2n) is 3.79. The summed E-state index contributed by atoms with van der Waals surface area (Å²) in [6, 6.07) is 5.08. The van der Waals surface area contributed by atoms with E-state index in [2.05, 4.69) is 0 Å². The van der Waals surface area contributed by atoms with Crippen molar-refractivity contribution in [3.05, 3.63) is 45.5 Å². The van der Waals surface area contributed by atoms with Crippen LogP contribution < -0.4 is 0 Å². The summed E-state index contributed by atoms with van der Waals surface area (Å²) in [5, 5.41) is 19.8. The van der Waals surface area contributed by atoms with E-state index < -0.39 is 6.10 Å². The van der Waals surface area contributed by atoms with Gasteiger partial charge in [0.25, 0.3) is 5.69 Å². The van der Waals surface area contributed by atoms with Crippen LogP contribution >= 0.6 is 0 Å². The van der Waals surface area contributed by atoms with Gasteiger partial charge in [0.1, 0.15) is 0 Å². The van der Waals surface area contributed by atoms with Gasteiger partial charge in [0, 0.05) is 11.6 Å². The predicted octanol–water partition coefficient (Wildman–Crippen LogP) is 2.69. The van der Waals surface area contributed by atoms with Gasteiger partial charge in [-0.2, -0.15) is 0 Å². The number of aliphatic hydroxyl groups is 1. The minimum atomic E-state index is -0.392. The first-order chi connectivity index (χ1) is 7.50. The Labute approximate surface area is 94.4 Å². The van der Waals surface area contributed by atoms with Gasteiger partial charge in [-0.15, -0.1) is 0 Å². The zero-order chi connectivity index (χ0) is 12.1. The monoisotopic (exact) mass is 221 g/mol. The first kappa shape index (κ1) is 12.4. The van der Waals surface area contributed by atoms with E-state index >= 15 is 0 Å². The Morgan fingerprint density at radius 2 is 2.25 bits per heavy atom. The van der Waals surface area contributed by atoms with Crippen LogP contribution in [-0.2, 0) is 0 Å². The average Bonchev–Trinajstić information content (AvgIpc) is 2.19. The molecule has 1 atom stereocenters. The molecule has 0 aliphatic carbocycles. The first-order valence-corrected chi connectivity index (χ1v) is 5.10. The Morgan fingerprint density at radius 1 is 1.56 bits per heavy atom. The summed E-state index contributed by atoms with van der Waals surface area (Å²) in [5.41, 5.74) is 1.55. The van der Waals surface area contributed by atoms with Crippen molar-refractivity contribution < 1.29 is 10.0 Å². The number of nitro groups is 1. The molecule has 1 unspecified atom stereocenters. The Kier molecular flexibility index (Phi) is 4.19. The fraction of sp³-hybridized carbons (Fsp3) is 0.333. The van der Waals surface area contributed by atoms with Crippen molar-refractivity contribution in [3.8, 4) is 0 Å². The molecule has 0 saturated carbocycles. The molecule has 16 heavy (non-hydrogen) atoms. The Bertz CT molecular complexity index is 411. The highest BCUT2D eigenvalue weighted by Crippen LogP contribution is 2.20. The first-order valence-electron chi connectivity index (χ1n) is 5.10. The topological polar surface area (TPSA) is 63.4 Å². The molecule has 1 aromatic carbocycles. The number of aryl methyl sites for hydroxylation is 1. The summed E-state index contributed by atoms with van der Waals surface area (Å²) in [6.45, 7) is 3.41. The summed E-state index contributed by atoms with van der Waals surface area (Å²) in [6.07, 6.45) is 3.73. The van der Waals surface area contributed by atoms with Crippen molar-refractivity contribution in [2.75, 3.05) is 0 Å². The van der Waals surface area contributed by atoms with E-state index in [1.54, 1.807) is 32.1 Å². The second kappa shape index (κ2) is 5.42. The third-order valence-corrected chi connectivity index (χ3v) is 2.22. The second-order valence-corrected chi connectivity index (χ2v) is 3.79. The minimum Gasteiger partial charge on any atom is -0.393 e. The maximum absolute atomic E-state index is 10.7. The maximum atomic E-state index is 10.7. The summed E-state index contributed by atoms with van der Waals surface area (Å²) in [5.74, 6) is 0. The maximum Gasteiger partial charge on any atom is 0.272 e. The van der Waals surface area contributed by atoms with Gasteiger partial charge in [-0.25, -0.2) is 0 Å². The highest BCUT2D eigenvalue weighted by Gasteiger charge is 2.09.